The van der Waals surface area contributed by atoms with Gasteiger partial charge in [-0.1, -0.05) is 18.1 Å². The molecule has 0 fully saturated rings. The molecular formula is C15H22. The van der Waals surface area contributed by atoms with Crippen molar-refractivity contribution in [3.8, 4) is 0 Å². The second-order valence-corrected chi connectivity index (χ2v) is 5.38. The molecular weight excluding hydrogens is 180 g/mol. The zero-order valence-electron chi connectivity index (χ0n) is 9.94. The van der Waals surface area contributed by atoms with Gasteiger partial charge in [-0.25, -0.2) is 0 Å². The van der Waals surface area contributed by atoms with Crippen LogP contribution in [0, 0.1) is 5.92 Å². The molecule has 0 spiro atoms. The fourth-order valence-electron chi connectivity index (χ4n) is 4.02. The number of hydrogen-bond acceptors (Lipinski definition) is 0. The zero-order valence-corrected chi connectivity index (χ0v) is 9.94. The molecule has 0 saturated carbocycles. The largest absolute Gasteiger partial charge is 0.0645 e. The molecule has 0 aromatic carbocycles. The summed E-state index contributed by atoms with van der Waals surface area (Å²) in [5.41, 5.74) is 7.41. The average molecular weight is 202 g/mol. The van der Waals surface area contributed by atoms with Crippen LogP contribution in [0.2, 0.25) is 0 Å². The minimum absolute atomic E-state index is 0.885. The normalized spacial score (nSPS) is 27.0. The predicted molar refractivity (Wildman–Crippen MR) is 64.8 cm³/mol. The Morgan fingerprint density at radius 1 is 0.800 bits per heavy atom. The van der Waals surface area contributed by atoms with Crippen LogP contribution in [0.1, 0.15) is 64.7 Å². The zero-order chi connectivity index (χ0) is 10.3. The number of fused-ring (bicyclic) bond motifs is 1. The molecule has 15 heavy (non-hydrogen) atoms. The van der Waals surface area contributed by atoms with Crippen molar-refractivity contribution in [2.75, 3.05) is 0 Å². The van der Waals surface area contributed by atoms with Crippen molar-refractivity contribution in [2.24, 2.45) is 5.92 Å². The molecule has 0 bridgehead atoms. The van der Waals surface area contributed by atoms with Crippen LogP contribution in [0.25, 0.3) is 0 Å². The van der Waals surface area contributed by atoms with Gasteiger partial charge in [0.1, 0.15) is 0 Å². The SMILES string of the molecule is CCC1C2=C(CCCC2)C2=C1CCCC2. The summed E-state index contributed by atoms with van der Waals surface area (Å²) < 4.78 is 0. The summed E-state index contributed by atoms with van der Waals surface area (Å²) >= 11 is 0. The van der Waals surface area contributed by atoms with Crippen LogP contribution in [0.4, 0.5) is 0 Å². The maximum atomic E-state index is 2.38. The highest BCUT2D eigenvalue weighted by atomic mass is 14.4. The van der Waals surface area contributed by atoms with E-state index < -0.39 is 0 Å². The average Bonchev–Trinajstić information content (AvgIpc) is 2.63. The fourth-order valence-corrected chi connectivity index (χ4v) is 4.02. The molecule has 3 rings (SSSR count). The molecule has 0 atom stereocenters. The summed E-state index contributed by atoms with van der Waals surface area (Å²) in [6.07, 6.45) is 12.8. The lowest BCUT2D eigenvalue weighted by Gasteiger charge is -2.21. The first-order valence-corrected chi connectivity index (χ1v) is 6.86. The van der Waals surface area contributed by atoms with Crippen molar-refractivity contribution < 1.29 is 0 Å². The van der Waals surface area contributed by atoms with Crippen molar-refractivity contribution in [3.63, 3.8) is 0 Å². The maximum absolute atomic E-state index is 2.38. The molecule has 0 unspecified atom stereocenters. The van der Waals surface area contributed by atoms with Gasteiger partial charge in [-0.3, -0.25) is 0 Å². The number of hydrogen-bond donors (Lipinski definition) is 0. The van der Waals surface area contributed by atoms with Crippen LogP contribution in [-0.4, -0.2) is 0 Å². The van der Waals surface area contributed by atoms with E-state index in [2.05, 4.69) is 6.92 Å². The third-order valence-corrected chi connectivity index (χ3v) is 4.63. The van der Waals surface area contributed by atoms with Gasteiger partial charge in [0.25, 0.3) is 0 Å². The van der Waals surface area contributed by atoms with E-state index in [0.29, 0.717) is 0 Å². The van der Waals surface area contributed by atoms with E-state index in [9.17, 15) is 0 Å². The molecule has 82 valence electrons. The Hall–Kier alpha value is -0.520. The van der Waals surface area contributed by atoms with Crippen molar-refractivity contribution in [2.45, 2.75) is 64.7 Å². The summed E-state index contributed by atoms with van der Waals surface area (Å²) in [6, 6.07) is 0. The first-order chi connectivity index (χ1) is 7.42. The van der Waals surface area contributed by atoms with E-state index in [1.165, 1.54) is 57.8 Å². The maximum Gasteiger partial charge on any atom is 0.00162 e. The fraction of sp³-hybridized carbons (Fsp3) is 0.733. The first-order valence-electron chi connectivity index (χ1n) is 6.86. The molecule has 0 aromatic rings. The summed E-state index contributed by atoms with van der Waals surface area (Å²) in [6.45, 7) is 2.38. The summed E-state index contributed by atoms with van der Waals surface area (Å²) in [5.74, 6) is 0.885. The smallest absolute Gasteiger partial charge is 0.00162 e. The quantitative estimate of drug-likeness (QED) is 0.574. The van der Waals surface area contributed by atoms with Crippen molar-refractivity contribution in [1.82, 2.24) is 0 Å². The number of allylic oxidation sites excluding steroid dienone is 4. The molecule has 0 aliphatic heterocycles. The minimum atomic E-state index is 0.885. The predicted octanol–water partition coefficient (Wildman–Crippen LogP) is 4.77. The Balaban J connectivity index is 2.01. The van der Waals surface area contributed by atoms with Crippen LogP contribution in [0.5, 0.6) is 0 Å². The monoisotopic (exact) mass is 202 g/mol. The van der Waals surface area contributed by atoms with Gasteiger partial charge >= 0.3 is 0 Å². The Kier molecular flexibility index (Phi) is 2.46. The second kappa shape index (κ2) is 3.81. The lowest BCUT2D eigenvalue weighted by molar-refractivity contribution is 0.572. The topological polar surface area (TPSA) is 0 Å². The molecule has 0 nitrogen and oxygen atoms in total. The molecule has 0 N–H and O–H groups in total. The van der Waals surface area contributed by atoms with Crippen molar-refractivity contribution in [3.05, 3.63) is 22.3 Å². The molecule has 0 saturated heterocycles. The van der Waals surface area contributed by atoms with Gasteiger partial charge in [-0.05, 0) is 68.9 Å². The number of rotatable bonds is 1. The van der Waals surface area contributed by atoms with E-state index in [0.717, 1.165) is 5.92 Å². The third kappa shape index (κ3) is 1.41. The van der Waals surface area contributed by atoms with Gasteiger partial charge < -0.3 is 0 Å². The summed E-state index contributed by atoms with van der Waals surface area (Å²) in [4.78, 5) is 0. The van der Waals surface area contributed by atoms with Crippen molar-refractivity contribution >= 4 is 0 Å². The van der Waals surface area contributed by atoms with Gasteiger partial charge in [0.05, 0.1) is 0 Å². The second-order valence-electron chi connectivity index (χ2n) is 5.38. The van der Waals surface area contributed by atoms with Gasteiger partial charge in [0, 0.05) is 5.92 Å². The Labute approximate surface area is 93.5 Å². The molecule has 3 aliphatic carbocycles. The van der Waals surface area contributed by atoms with E-state index in [1.807, 2.05) is 22.3 Å². The van der Waals surface area contributed by atoms with E-state index in [1.54, 1.807) is 0 Å². The standard InChI is InChI=1S/C15H22/c1-2-11-12-7-3-5-9-14(12)15-10-6-4-8-13(11)15/h11H,2-10H2,1H3. The summed E-state index contributed by atoms with van der Waals surface area (Å²) in [5, 5.41) is 0. The lowest BCUT2D eigenvalue weighted by Crippen LogP contribution is -2.06. The molecule has 0 heterocycles. The van der Waals surface area contributed by atoms with Crippen LogP contribution in [0.15, 0.2) is 22.3 Å². The van der Waals surface area contributed by atoms with Crippen LogP contribution >= 0.6 is 0 Å². The van der Waals surface area contributed by atoms with E-state index >= 15 is 0 Å². The molecule has 0 amide bonds. The van der Waals surface area contributed by atoms with Gasteiger partial charge in [-0.15, -0.1) is 0 Å². The van der Waals surface area contributed by atoms with Crippen LogP contribution in [0.3, 0.4) is 0 Å². The Morgan fingerprint density at radius 2 is 1.27 bits per heavy atom. The highest BCUT2D eigenvalue weighted by Gasteiger charge is 2.33. The van der Waals surface area contributed by atoms with Gasteiger partial charge in [0.15, 0.2) is 0 Å². The molecule has 0 aromatic heterocycles. The minimum Gasteiger partial charge on any atom is -0.0645 e. The highest BCUT2D eigenvalue weighted by Crippen LogP contribution is 2.50. The van der Waals surface area contributed by atoms with Crippen LogP contribution < -0.4 is 0 Å². The Morgan fingerprint density at radius 3 is 1.73 bits per heavy atom. The highest BCUT2D eigenvalue weighted by molar-refractivity contribution is 5.51. The van der Waals surface area contributed by atoms with Gasteiger partial charge in [-0.2, -0.15) is 0 Å². The van der Waals surface area contributed by atoms with E-state index in [-0.39, 0.29) is 0 Å². The summed E-state index contributed by atoms with van der Waals surface area (Å²) in [7, 11) is 0. The lowest BCUT2D eigenvalue weighted by atomic mass is 9.84. The van der Waals surface area contributed by atoms with Gasteiger partial charge in [0.2, 0.25) is 0 Å². The van der Waals surface area contributed by atoms with E-state index in [4.69, 9.17) is 0 Å². The molecule has 3 aliphatic rings. The first kappa shape index (κ1) is 9.69. The Bertz CT molecular complexity index is 298. The van der Waals surface area contributed by atoms with Crippen molar-refractivity contribution in [1.29, 1.82) is 0 Å². The van der Waals surface area contributed by atoms with Crippen LogP contribution in [-0.2, 0) is 0 Å². The molecule has 0 radical (unpaired) electrons. The third-order valence-electron chi connectivity index (χ3n) is 4.63. The molecule has 0 heteroatoms.